The van der Waals surface area contributed by atoms with E-state index in [-0.39, 0.29) is 0 Å². The Morgan fingerprint density at radius 2 is 1.76 bits per heavy atom. The quantitative estimate of drug-likeness (QED) is 0.506. The summed E-state index contributed by atoms with van der Waals surface area (Å²) in [6.45, 7) is 7.97. The van der Waals surface area contributed by atoms with E-state index in [1.165, 1.54) is 55.5 Å². The Bertz CT molecular complexity index is 1070. The topological polar surface area (TPSA) is 32.3 Å². The lowest BCUT2D eigenvalue weighted by molar-refractivity contribution is 0.142. The Morgan fingerprint density at radius 1 is 1.00 bits per heavy atom. The van der Waals surface area contributed by atoms with Gasteiger partial charge in [-0.05, 0) is 74.5 Å². The van der Waals surface area contributed by atoms with Crippen LogP contribution in [0.25, 0.3) is 0 Å². The summed E-state index contributed by atoms with van der Waals surface area (Å²) < 4.78 is 0. The van der Waals surface area contributed by atoms with Crippen molar-refractivity contribution in [3.8, 4) is 11.8 Å². The maximum atomic E-state index is 4.00. The zero-order valence-electron chi connectivity index (χ0n) is 19.9. The Kier molecular flexibility index (Phi) is 8.24. The number of nitrogens with zero attached hydrogens (tertiary/aromatic N) is 4. The number of benzene rings is 2. The molecule has 1 unspecified atom stereocenters. The van der Waals surface area contributed by atoms with Gasteiger partial charge in [0.25, 0.3) is 0 Å². The number of piperidine rings is 1. The van der Waals surface area contributed by atoms with Gasteiger partial charge in [0.2, 0.25) is 0 Å². The molecule has 0 bridgehead atoms. The van der Waals surface area contributed by atoms with Crippen molar-refractivity contribution < 1.29 is 0 Å². The van der Waals surface area contributed by atoms with Crippen LogP contribution >= 0.6 is 0 Å². The number of hydrogen-bond acceptors (Lipinski definition) is 4. The average Bonchev–Trinajstić information content (AvgIpc) is 2.84. The lowest BCUT2D eigenvalue weighted by Gasteiger charge is -2.35. The second-order valence-electron chi connectivity index (χ2n) is 9.26. The van der Waals surface area contributed by atoms with Crippen LogP contribution in [0.5, 0.6) is 0 Å². The molecule has 1 aliphatic heterocycles. The molecule has 0 saturated carbocycles. The molecule has 1 aromatic heterocycles. The first kappa shape index (κ1) is 23.2. The van der Waals surface area contributed by atoms with Gasteiger partial charge in [0.15, 0.2) is 0 Å². The maximum absolute atomic E-state index is 4.00. The van der Waals surface area contributed by atoms with Crippen LogP contribution in [0.15, 0.2) is 67.3 Å². The van der Waals surface area contributed by atoms with Crippen molar-refractivity contribution in [3.05, 3.63) is 95.1 Å². The predicted molar refractivity (Wildman–Crippen MR) is 135 cm³/mol. The summed E-state index contributed by atoms with van der Waals surface area (Å²) in [5.41, 5.74) is 6.08. The van der Waals surface area contributed by atoms with Crippen LogP contribution in [0.3, 0.4) is 0 Å². The van der Waals surface area contributed by atoms with E-state index in [0.29, 0.717) is 0 Å². The summed E-state index contributed by atoms with van der Waals surface area (Å²) in [4.78, 5) is 13.1. The number of hydrogen-bond donors (Lipinski definition) is 0. The second kappa shape index (κ2) is 11.7. The fraction of sp³-hybridized carbons (Fsp3) is 0.379. The first-order valence-corrected chi connectivity index (χ1v) is 12.0. The first-order valence-electron chi connectivity index (χ1n) is 12.0. The lowest BCUT2D eigenvalue weighted by Crippen LogP contribution is -2.40. The van der Waals surface area contributed by atoms with Gasteiger partial charge in [0.05, 0.1) is 5.56 Å². The van der Waals surface area contributed by atoms with Crippen LogP contribution < -0.4 is 0 Å². The van der Waals surface area contributed by atoms with Gasteiger partial charge < -0.3 is 9.80 Å². The summed E-state index contributed by atoms with van der Waals surface area (Å²) in [6.07, 6.45) is 8.79. The highest BCUT2D eigenvalue weighted by molar-refractivity contribution is 5.41. The number of rotatable bonds is 7. The molecule has 2 heterocycles. The average molecular weight is 439 g/mol. The molecule has 1 aliphatic rings. The van der Waals surface area contributed by atoms with Crippen LogP contribution in [0.4, 0.5) is 0 Å². The van der Waals surface area contributed by atoms with E-state index in [9.17, 15) is 0 Å². The van der Waals surface area contributed by atoms with Crippen molar-refractivity contribution in [2.45, 2.75) is 32.7 Å². The largest absolute Gasteiger partial charge is 0.303 e. The summed E-state index contributed by atoms with van der Waals surface area (Å²) in [6, 6.07) is 17.4. The van der Waals surface area contributed by atoms with E-state index in [2.05, 4.69) is 94.1 Å². The highest BCUT2D eigenvalue weighted by Gasteiger charge is 2.21. The van der Waals surface area contributed by atoms with Gasteiger partial charge in [-0.15, -0.1) is 0 Å². The molecule has 0 amide bonds. The maximum Gasteiger partial charge on any atom is 0.115 e. The zero-order chi connectivity index (χ0) is 22.9. The SMILES string of the molecule is Cc1ccccc1CCN1CCCC(CN(C)Cc2ccc(C#Cc3cncnc3)cc2)C1. The molecule has 1 saturated heterocycles. The fourth-order valence-corrected chi connectivity index (χ4v) is 4.69. The second-order valence-corrected chi connectivity index (χ2v) is 9.26. The molecule has 0 N–H and O–H groups in total. The minimum Gasteiger partial charge on any atom is -0.303 e. The Morgan fingerprint density at radius 3 is 2.55 bits per heavy atom. The molecule has 4 rings (SSSR count). The number of likely N-dealkylation sites (tertiary alicyclic amines) is 1. The minimum atomic E-state index is 0.749. The highest BCUT2D eigenvalue weighted by Crippen LogP contribution is 2.19. The van der Waals surface area contributed by atoms with Crippen LogP contribution in [0.2, 0.25) is 0 Å². The van der Waals surface area contributed by atoms with Gasteiger partial charge in [-0.2, -0.15) is 0 Å². The van der Waals surface area contributed by atoms with Crippen molar-refractivity contribution in [1.82, 2.24) is 19.8 Å². The highest BCUT2D eigenvalue weighted by atomic mass is 15.1. The van der Waals surface area contributed by atoms with E-state index in [1.54, 1.807) is 12.4 Å². The number of aromatic nitrogens is 2. The Hall–Kier alpha value is -3.00. The van der Waals surface area contributed by atoms with Gasteiger partial charge in [-0.3, -0.25) is 0 Å². The van der Waals surface area contributed by atoms with E-state index in [1.807, 2.05) is 0 Å². The summed E-state index contributed by atoms with van der Waals surface area (Å²) >= 11 is 0. The summed E-state index contributed by atoms with van der Waals surface area (Å²) in [5, 5.41) is 0. The van der Waals surface area contributed by atoms with Crippen molar-refractivity contribution in [1.29, 1.82) is 0 Å². The fourth-order valence-electron chi connectivity index (χ4n) is 4.69. The van der Waals surface area contributed by atoms with E-state index < -0.39 is 0 Å². The molecule has 4 nitrogen and oxygen atoms in total. The van der Waals surface area contributed by atoms with Crippen molar-refractivity contribution in [2.24, 2.45) is 5.92 Å². The molecular formula is C29H34N4. The third-order valence-corrected chi connectivity index (χ3v) is 6.45. The van der Waals surface area contributed by atoms with Gasteiger partial charge in [-0.25, -0.2) is 9.97 Å². The van der Waals surface area contributed by atoms with Crippen LogP contribution in [0.1, 0.15) is 40.7 Å². The molecule has 170 valence electrons. The molecule has 3 aromatic rings. The molecule has 2 aromatic carbocycles. The normalized spacial score (nSPS) is 16.4. The minimum absolute atomic E-state index is 0.749. The van der Waals surface area contributed by atoms with Crippen LogP contribution in [-0.4, -0.2) is 53.0 Å². The van der Waals surface area contributed by atoms with Crippen LogP contribution in [0, 0.1) is 24.7 Å². The van der Waals surface area contributed by atoms with Crippen molar-refractivity contribution in [2.75, 3.05) is 33.2 Å². The van der Waals surface area contributed by atoms with Gasteiger partial charge in [0.1, 0.15) is 6.33 Å². The van der Waals surface area contributed by atoms with Gasteiger partial charge in [0, 0.05) is 44.1 Å². The Balaban J connectivity index is 1.24. The van der Waals surface area contributed by atoms with Crippen LogP contribution in [-0.2, 0) is 13.0 Å². The third kappa shape index (κ3) is 7.25. The predicted octanol–water partition coefficient (Wildman–Crippen LogP) is 4.57. The summed E-state index contributed by atoms with van der Waals surface area (Å²) in [7, 11) is 2.25. The first-order chi connectivity index (χ1) is 16.2. The third-order valence-electron chi connectivity index (χ3n) is 6.45. The summed E-state index contributed by atoms with van der Waals surface area (Å²) in [5.74, 6) is 7.05. The number of aryl methyl sites for hydroxylation is 1. The molecule has 1 fully saturated rings. The van der Waals surface area contributed by atoms with Crippen molar-refractivity contribution in [3.63, 3.8) is 0 Å². The molecule has 4 heteroatoms. The Labute approximate surface area is 198 Å². The van der Waals surface area contributed by atoms with Gasteiger partial charge in [-0.1, -0.05) is 48.2 Å². The molecule has 1 atom stereocenters. The van der Waals surface area contributed by atoms with E-state index >= 15 is 0 Å². The van der Waals surface area contributed by atoms with Crippen molar-refractivity contribution >= 4 is 0 Å². The standard InChI is InChI=1S/C29H34N4/c1-24-6-3-4-8-29(24)15-17-33-16-5-7-28(22-33)21-32(2)20-26-12-9-25(10-13-26)11-14-27-18-30-23-31-19-27/h3-4,6,8-10,12-13,18-19,23,28H,5,7,15-17,20-22H2,1-2H3. The smallest absolute Gasteiger partial charge is 0.115 e. The lowest BCUT2D eigenvalue weighted by atomic mass is 9.96. The molecule has 0 aliphatic carbocycles. The van der Waals surface area contributed by atoms with E-state index in [0.717, 1.165) is 36.6 Å². The molecular weight excluding hydrogens is 404 g/mol. The molecule has 33 heavy (non-hydrogen) atoms. The monoisotopic (exact) mass is 438 g/mol. The molecule has 0 radical (unpaired) electrons. The molecule has 0 spiro atoms. The van der Waals surface area contributed by atoms with E-state index in [4.69, 9.17) is 0 Å². The zero-order valence-corrected chi connectivity index (χ0v) is 19.9. The van der Waals surface area contributed by atoms with Gasteiger partial charge >= 0.3 is 0 Å².